The Morgan fingerprint density at radius 3 is 2.28 bits per heavy atom. The normalized spacial score (nSPS) is 13.6. The van der Waals surface area contributed by atoms with Crippen LogP contribution in [0.5, 0.6) is 11.5 Å². The van der Waals surface area contributed by atoms with Gasteiger partial charge in [-0.2, -0.15) is 4.72 Å². The Labute approximate surface area is 216 Å². The van der Waals surface area contributed by atoms with Crippen molar-refractivity contribution in [3.8, 4) is 28.6 Å². The predicted molar refractivity (Wildman–Crippen MR) is 136 cm³/mol. The maximum absolute atomic E-state index is 13.5. The predicted octanol–water partition coefficient (Wildman–Crippen LogP) is 3.64. The lowest BCUT2D eigenvalue weighted by Gasteiger charge is -2.24. The number of pyridine rings is 1. The highest BCUT2D eigenvalue weighted by Gasteiger charge is 2.34. The van der Waals surface area contributed by atoms with Gasteiger partial charge in [-0.1, -0.05) is 17.7 Å². The SMILES string of the molecule is COc1cccc(OC)c1-n1c(N[S+]([O-])C(C)C(OC)c2ncc(Cl)cn2)nnc1-c1cccnc1. The van der Waals surface area contributed by atoms with E-state index in [2.05, 4.69) is 29.9 Å². The van der Waals surface area contributed by atoms with Crippen LogP contribution in [0.2, 0.25) is 5.02 Å². The zero-order valence-corrected chi connectivity index (χ0v) is 21.5. The number of nitrogens with one attached hydrogen (secondary N) is 1. The van der Waals surface area contributed by atoms with Gasteiger partial charge in [0.2, 0.25) is 0 Å². The molecule has 4 rings (SSSR count). The van der Waals surface area contributed by atoms with E-state index < -0.39 is 22.7 Å². The Kier molecular flexibility index (Phi) is 8.21. The van der Waals surface area contributed by atoms with Gasteiger partial charge in [0.15, 0.2) is 23.0 Å². The Morgan fingerprint density at radius 1 is 1.00 bits per heavy atom. The zero-order chi connectivity index (χ0) is 25.7. The average molecular weight is 530 g/mol. The number of hydrogen-bond acceptors (Lipinski definition) is 10. The van der Waals surface area contributed by atoms with Crippen LogP contribution < -0.4 is 14.2 Å². The van der Waals surface area contributed by atoms with Gasteiger partial charge in [-0.3, -0.25) is 9.55 Å². The van der Waals surface area contributed by atoms with Gasteiger partial charge in [0.1, 0.15) is 17.2 Å². The zero-order valence-electron chi connectivity index (χ0n) is 20.0. The summed E-state index contributed by atoms with van der Waals surface area (Å²) in [6, 6.07) is 9.01. The number of halogens is 1. The van der Waals surface area contributed by atoms with E-state index in [1.807, 2.05) is 6.07 Å². The van der Waals surface area contributed by atoms with Crippen LogP contribution in [0, 0.1) is 0 Å². The first kappa shape index (κ1) is 25.6. The maximum atomic E-state index is 13.5. The smallest absolute Gasteiger partial charge is 0.271 e. The molecular weight excluding hydrogens is 506 g/mol. The molecule has 3 unspecified atom stereocenters. The minimum absolute atomic E-state index is 0.203. The van der Waals surface area contributed by atoms with E-state index in [1.165, 1.54) is 19.5 Å². The van der Waals surface area contributed by atoms with Crippen LogP contribution in [-0.4, -0.2) is 60.8 Å². The molecule has 0 radical (unpaired) electrons. The molecule has 13 heteroatoms. The van der Waals surface area contributed by atoms with Gasteiger partial charge >= 0.3 is 0 Å². The summed E-state index contributed by atoms with van der Waals surface area (Å²) in [7, 11) is 4.60. The topological polar surface area (TPSA) is 132 Å². The number of anilines is 1. The lowest BCUT2D eigenvalue weighted by atomic mass is 10.2. The van der Waals surface area contributed by atoms with E-state index in [1.54, 1.807) is 62.4 Å². The molecule has 11 nitrogen and oxygen atoms in total. The summed E-state index contributed by atoms with van der Waals surface area (Å²) in [5.41, 5.74) is 1.22. The summed E-state index contributed by atoms with van der Waals surface area (Å²) < 4.78 is 34.9. The molecule has 0 aliphatic carbocycles. The summed E-state index contributed by atoms with van der Waals surface area (Å²) in [4.78, 5) is 12.6. The second-order valence-electron chi connectivity index (χ2n) is 7.46. The molecule has 4 aromatic rings. The molecule has 3 heterocycles. The molecule has 36 heavy (non-hydrogen) atoms. The highest BCUT2D eigenvalue weighted by Crippen LogP contribution is 2.38. The van der Waals surface area contributed by atoms with E-state index in [0.717, 1.165) is 0 Å². The lowest BCUT2D eigenvalue weighted by molar-refractivity contribution is 0.0950. The number of rotatable bonds is 10. The highest BCUT2D eigenvalue weighted by molar-refractivity contribution is 7.93. The van der Waals surface area contributed by atoms with E-state index in [-0.39, 0.29) is 5.95 Å². The molecule has 0 aliphatic heterocycles. The summed E-state index contributed by atoms with van der Waals surface area (Å²) in [6.07, 6.45) is 5.57. The van der Waals surface area contributed by atoms with Gasteiger partial charge in [-0.25, -0.2) is 9.97 Å². The second kappa shape index (κ2) is 11.5. The van der Waals surface area contributed by atoms with Gasteiger partial charge in [0.25, 0.3) is 5.95 Å². The molecule has 3 aromatic heterocycles. The fraction of sp³-hybridized carbons (Fsp3) is 0.261. The Hall–Kier alpha value is -3.45. The number of hydrogen-bond donors (Lipinski definition) is 1. The van der Waals surface area contributed by atoms with Gasteiger partial charge in [0.05, 0.1) is 30.6 Å². The van der Waals surface area contributed by atoms with Crippen molar-refractivity contribution in [1.29, 1.82) is 0 Å². The fourth-order valence-electron chi connectivity index (χ4n) is 3.57. The van der Waals surface area contributed by atoms with Gasteiger partial charge in [-0.15, -0.1) is 10.2 Å². The molecule has 188 valence electrons. The molecule has 0 saturated heterocycles. The summed E-state index contributed by atoms with van der Waals surface area (Å²) in [5, 5.41) is 8.46. The van der Waals surface area contributed by atoms with Crippen LogP contribution in [0.4, 0.5) is 5.95 Å². The minimum Gasteiger partial charge on any atom is -0.593 e. The van der Waals surface area contributed by atoms with Crippen molar-refractivity contribution in [2.75, 3.05) is 26.1 Å². The van der Waals surface area contributed by atoms with E-state index >= 15 is 0 Å². The average Bonchev–Trinajstić information content (AvgIpc) is 3.32. The largest absolute Gasteiger partial charge is 0.593 e. The van der Waals surface area contributed by atoms with Crippen molar-refractivity contribution in [3.63, 3.8) is 0 Å². The quantitative estimate of drug-likeness (QED) is 0.303. The van der Waals surface area contributed by atoms with Crippen molar-refractivity contribution in [1.82, 2.24) is 29.7 Å². The number of ether oxygens (including phenoxy) is 3. The molecule has 0 fully saturated rings. The van der Waals surface area contributed by atoms with Crippen molar-refractivity contribution >= 4 is 28.9 Å². The first-order valence-electron chi connectivity index (χ1n) is 10.7. The van der Waals surface area contributed by atoms with Crippen LogP contribution in [0.15, 0.2) is 55.1 Å². The molecule has 0 bridgehead atoms. The first-order valence-corrected chi connectivity index (χ1v) is 12.3. The van der Waals surface area contributed by atoms with Crippen LogP contribution in [0.3, 0.4) is 0 Å². The lowest BCUT2D eigenvalue weighted by Crippen LogP contribution is -2.33. The fourth-order valence-corrected chi connectivity index (χ4v) is 4.62. The van der Waals surface area contributed by atoms with E-state index in [4.69, 9.17) is 25.8 Å². The highest BCUT2D eigenvalue weighted by atomic mass is 35.5. The number of methoxy groups -OCH3 is 3. The van der Waals surface area contributed by atoms with Gasteiger partial charge < -0.3 is 18.8 Å². The Balaban J connectivity index is 1.76. The van der Waals surface area contributed by atoms with Crippen LogP contribution >= 0.6 is 11.6 Å². The molecule has 1 N–H and O–H groups in total. The van der Waals surface area contributed by atoms with Crippen molar-refractivity contribution in [3.05, 3.63) is 66.0 Å². The molecule has 0 saturated carbocycles. The third-order valence-electron chi connectivity index (χ3n) is 5.31. The molecule has 0 amide bonds. The van der Waals surface area contributed by atoms with Crippen molar-refractivity contribution in [2.24, 2.45) is 0 Å². The van der Waals surface area contributed by atoms with Crippen molar-refractivity contribution < 1.29 is 18.8 Å². The maximum Gasteiger partial charge on any atom is 0.271 e. The Morgan fingerprint density at radius 2 is 1.69 bits per heavy atom. The molecule has 0 spiro atoms. The summed E-state index contributed by atoms with van der Waals surface area (Å²) in [6.45, 7) is 1.75. The minimum atomic E-state index is -1.70. The number of benzene rings is 1. The number of nitrogens with zero attached hydrogens (tertiary/aromatic N) is 6. The summed E-state index contributed by atoms with van der Waals surface area (Å²) in [5.74, 6) is 2.01. The van der Waals surface area contributed by atoms with E-state index in [9.17, 15) is 4.55 Å². The Bertz CT molecular complexity index is 1270. The van der Waals surface area contributed by atoms with Crippen LogP contribution in [-0.2, 0) is 16.1 Å². The molecule has 3 atom stereocenters. The standard InChI is InChI=1S/C23H24ClN7O4S/c1-14(20(35-4)21-26-12-16(24)13-27-21)36(32)30-23-29-28-22(15-7-6-10-25-11-15)31(23)19-17(33-2)8-5-9-18(19)34-3/h5-14,20H,1-4H3,(H,29,30). The van der Waals surface area contributed by atoms with Gasteiger partial charge in [-0.05, 0) is 31.2 Å². The van der Waals surface area contributed by atoms with Gasteiger partial charge in [0, 0.05) is 37.5 Å². The number of aromatic nitrogens is 6. The van der Waals surface area contributed by atoms with E-state index in [0.29, 0.717) is 39.4 Å². The monoisotopic (exact) mass is 529 g/mol. The third-order valence-corrected chi connectivity index (χ3v) is 6.81. The van der Waals surface area contributed by atoms with Crippen LogP contribution in [0.1, 0.15) is 18.9 Å². The second-order valence-corrected chi connectivity index (χ2v) is 9.43. The molecule has 1 aromatic carbocycles. The molecule has 0 aliphatic rings. The van der Waals surface area contributed by atoms with Crippen LogP contribution in [0.25, 0.3) is 17.1 Å². The third kappa shape index (κ3) is 5.21. The summed E-state index contributed by atoms with van der Waals surface area (Å²) >= 11 is 4.20. The van der Waals surface area contributed by atoms with Crippen molar-refractivity contribution in [2.45, 2.75) is 18.3 Å². The number of para-hydroxylation sites is 1. The molecular formula is C23H24ClN7O4S. The first-order chi connectivity index (χ1) is 17.5.